The van der Waals surface area contributed by atoms with Crippen LogP contribution in [0.1, 0.15) is 23.0 Å². The smallest absolute Gasteiger partial charge is 0.404 e. The van der Waals surface area contributed by atoms with Gasteiger partial charge in [0.05, 0.1) is 35.5 Å². The molecule has 0 aliphatic heterocycles. The first-order chi connectivity index (χ1) is 15.6. The number of nitrogens with zero attached hydrogens (tertiary/aromatic N) is 3. The standard InChI is InChI=1S/C21H26FN7O4/c1-10-13-7-12(5-6-17(13)29(3)28-10)25-19-14(18(23)30)8-15(22)20(27-19)26-16(9-33-4)11(2)24-21(31)32/h5-8,11,16,24H,9H2,1-4H3,(H2,23,30)(H,31,32)(H2,25,26,27)/t11-,16+/m0/s1. The van der Waals surface area contributed by atoms with Crippen LogP contribution in [0.4, 0.5) is 26.5 Å². The number of methoxy groups -OCH3 is 1. The van der Waals surface area contributed by atoms with Crippen LogP contribution in [0, 0.1) is 12.7 Å². The number of pyridine rings is 1. The molecular weight excluding hydrogens is 433 g/mol. The Morgan fingerprint density at radius 3 is 2.67 bits per heavy atom. The first kappa shape index (κ1) is 23.7. The van der Waals surface area contributed by atoms with Gasteiger partial charge in [-0.05, 0) is 38.1 Å². The summed E-state index contributed by atoms with van der Waals surface area (Å²) in [7, 11) is 3.27. The molecule has 11 nitrogen and oxygen atoms in total. The molecule has 0 radical (unpaired) electrons. The van der Waals surface area contributed by atoms with E-state index in [1.54, 1.807) is 17.7 Å². The lowest BCUT2D eigenvalue weighted by molar-refractivity contribution is 0.1000. The van der Waals surface area contributed by atoms with Crippen LogP contribution in [-0.4, -0.2) is 57.7 Å². The average Bonchev–Trinajstić information content (AvgIpc) is 3.02. The van der Waals surface area contributed by atoms with Crippen LogP contribution in [0.5, 0.6) is 0 Å². The third kappa shape index (κ3) is 5.29. The fourth-order valence-electron chi connectivity index (χ4n) is 3.49. The number of carboxylic acid groups (broad SMARTS) is 1. The highest BCUT2D eigenvalue weighted by molar-refractivity contribution is 5.99. The number of aromatic nitrogens is 3. The summed E-state index contributed by atoms with van der Waals surface area (Å²) in [4.78, 5) is 27.2. The van der Waals surface area contributed by atoms with E-state index < -0.39 is 29.9 Å². The molecule has 0 aliphatic carbocycles. The van der Waals surface area contributed by atoms with Gasteiger partial charge >= 0.3 is 6.09 Å². The third-order valence-corrected chi connectivity index (χ3v) is 5.16. The number of amides is 2. The number of carbonyl (C=O) groups is 2. The minimum atomic E-state index is -1.23. The summed E-state index contributed by atoms with van der Waals surface area (Å²) in [5.74, 6) is -1.83. The lowest BCUT2D eigenvalue weighted by atomic mass is 10.1. The number of hydrogen-bond donors (Lipinski definition) is 5. The van der Waals surface area contributed by atoms with Crippen molar-refractivity contribution in [3.05, 3.63) is 41.3 Å². The molecule has 12 heteroatoms. The molecule has 6 N–H and O–H groups in total. The van der Waals surface area contributed by atoms with Gasteiger partial charge in [-0.25, -0.2) is 14.2 Å². The molecule has 2 amide bonds. The van der Waals surface area contributed by atoms with Crippen molar-refractivity contribution in [3.63, 3.8) is 0 Å². The van der Waals surface area contributed by atoms with Crippen LogP contribution < -0.4 is 21.7 Å². The molecule has 0 fully saturated rings. The Morgan fingerprint density at radius 2 is 2.03 bits per heavy atom. The van der Waals surface area contributed by atoms with Crippen molar-refractivity contribution in [2.45, 2.75) is 25.9 Å². The van der Waals surface area contributed by atoms with E-state index in [-0.39, 0.29) is 23.8 Å². The van der Waals surface area contributed by atoms with E-state index in [9.17, 15) is 14.0 Å². The van der Waals surface area contributed by atoms with Gasteiger partial charge in [0.1, 0.15) is 5.82 Å². The lowest BCUT2D eigenvalue weighted by Gasteiger charge is -2.25. The molecule has 33 heavy (non-hydrogen) atoms. The summed E-state index contributed by atoms with van der Waals surface area (Å²) in [6, 6.07) is 5.18. The van der Waals surface area contributed by atoms with Crippen LogP contribution in [0.2, 0.25) is 0 Å². The zero-order chi connectivity index (χ0) is 24.3. The summed E-state index contributed by atoms with van der Waals surface area (Å²) in [6.07, 6.45) is -1.23. The molecule has 176 valence electrons. The van der Waals surface area contributed by atoms with Gasteiger partial charge in [-0.3, -0.25) is 9.48 Å². The van der Waals surface area contributed by atoms with Crippen molar-refractivity contribution < 1.29 is 23.8 Å². The molecule has 0 unspecified atom stereocenters. The van der Waals surface area contributed by atoms with Crippen LogP contribution in [-0.2, 0) is 11.8 Å². The fraction of sp³-hybridized carbons (Fsp3) is 0.333. The summed E-state index contributed by atoms with van der Waals surface area (Å²) < 4.78 is 21.6. The molecule has 0 saturated heterocycles. The minimum Gasteiger partial charge on any atom is -0.465 e. The summed E-state index contributed by atoms with van der Waals surface area (Å²) >= 11 is 0. The fourth-order valence-corrected chi connectivity index (χ4v) is 3.49. The maximum absolute atomic E-state index is 14.8. The topological polar surface area (TPSA) is 156 Å². The molecule has 3 aromatic rings. The van der Waals surface area contributed by atoms with Crippen molar-refractivity contribution in [1.29, 1.82) is 0 Å². The molecule has 2 heterocycles. The highest BCUT2D eigenvalue weighted by Gasteiger charge is 2.23. The second kappa shape index (κ2) is 9.69. The van der Waals surface area contributed by atoms with Crippen molar-refractivity contribution in [2.75, 3.05) is 24.4 Å². The number of primary amides is 1. The molecule has 0 bridgehead atoms. The number of benzene rings is 1. The number of ether oxygens (including phenoxy) is 1. The highest BCUT2D eigenvalue weighted by Crippen LogP contribution is 2.27. The van der Waals surface area contributed by atoms with Crippen LogP contribution in [0.15, 0.2) is 24.3 Å². The zero-order valence-electron chi connectivity index (χ0n) is 18.6. The Kier molecular flexibility index (Phi) is 6.97. The SMILES string of the molecule is COC[C@@H](Nc1nc(Nc2ccc3c(c2)c(C)nn3C)c(C(N)=O)cc1F)[C@H](C)NC(=O)O. The van der Waals surface area contributed by atoms with E-state index in [2.05, 4.69) is 26.0 Å². The molecule has 0 aliphatic rings. The van der Waals surface area contributed by atoms with E-state index >= 15 is 0 Å². The summed E-state index contributed by atoms with van der Waals surface area (Å²) in [5, 5.41) is 22.4. The normalized spacial score (nSPS) is 12.9. The van der Waals surface area contributed by atoms with Crippen LogP contribution in [0.3, 0.4) is 0 Å². The van der Waals surface area contributed by atoms with Crippen molar-refractivity contribution in [3.8, 4) is 0 Å². The lowest BCUT2D eigenvalue weighted by Crippen LogP contribution is -2.47. The quantitative estimate of drug-likeness (QED) is 0.326. The first-order valence-corrected chi connectivity index (χ1v) is 10.1. The largest absolute Gasteiger partial charge is 0.465 e. The number of fused-ring (bicyclic) bond motifs is 1. The van der Waals surface area contributed by atoms with Gasteiger partial charge in [-0.1, -0.05) is 0 Å². The number of anilines is 3. The second-order valence-electron chi connectivity index (χ2n) is 7.59. The predicted molar refractivity (Wildman–Crippen MR) is 121 cm³/mol. The molecule has 2 atom stereocenters. The Morgan fingerprint density at radius 1 is 1.30 bits per heavy atom. The van der Waals surface area contributed by atoms with Gasteiger partial charge in [0.15, 0.2) is 11.6 Å². The molecule has 0 saturated carbocycles. The number of nitrogens with one attached hydrogen (secondary N) is 3. The van der Waals surface area contributed by atoms with Crippen molar-refractivity contribution in [1.82, 2.24) is 20.1 Å². The Hall–Kier alpha value is -3.93. The van der Waals surface area contributed by atoms with Gasteiger partial charge in [0.2, 0.25) is 0 Å². The maximum Gasteiger partial charge on any atom is 0.404 e. The number of rotatable bonds is 9. The minimum absolute atomic E-state index is 0.0438. The van der Waals surface area contributed by atoms with Gasteiger partial charge in [-0.2, -0.15) is 5.10 Å². The predicted octanol–water partition coefficient (Wildman–Crippen LogP) is 2.34. The van der Waals surface area contributed by atoms with Crippen molar-refractivity contribution >= 4 is 40.2 Å². The molecular formula is C21H26FN7O4. The third-order valence-electron chi connectivity index (χ3n) is 5.16. The molecule has 1 aromatic carbocycles. The van der Waals surface area contributed by atoms with E-state index in [1.165, 1.54) is 7.11 Å². The van der Waals surface area contributed by atoms with Crippen molar-refractivity contribution in [2.24, 2.45) is 12.8 Å². The Balaban J connectivity index is 1.97. The van der Waals surface area contributed by atoms with Gasteiger partial charge in [-0.15, -0.1) is 0 Å². The van der Waals surface area contributed by atoms with Crippen LogP contribution >= 0.6 is 0 Å². The summed E-state index contributed by atoms with van der Waals surface area (Å²) in [5.41, 5.74) is 7.65. The van der Waals surface area contributed by atoms with Gasteiger partial charge in [0, 0.05) is 25.2 Å². The van der Waals surface area contributed by atoms with E-state index in [0.717, 1.165) is 22.7 Å². The number of carbonyl (C=O) groups excluding carboxylic acids is 1. The highest BCUT2D eigenvalue weighted by atomic mass is 19.1. The Bertz CT molecular complexity index is 1200. The number of halogens is 1. The van der Waals surface area contributed by atoms with E-state index in [0.29, 0.717) is 5.69 Å². The van der Waals surface area contributed by atoms with Crippen LogP contribution in [0.25, 0.3) is 10.9 Å². The Labute approximate surface area is 189 Å². The number of nitrogens with two attached hydrogens (primary N) is 1. The average molecular weight is 459 g/mol. The second-order valence-corrected chi connectivity index (χ2v) is 7.59. The molecule has 2 aromatic heterocycles. The number of aryl methyl sites for hydroxylation is 2. The van der Waals surface area contributed by atoms with E-state index in [1.807, 2.05) is 26.1 Å². The molecule has 3 rings (SSSR count). The van der Waals surface area contributed by atoms with Gasteiger partial charge < -0.3 is 31.5 Å². The summed E-state index contributed by atoms with van der Waals surface area (Å²) in [6.45, 7) is 3.55. The maximum atomic E-state index is 14.8. The first-order valence-electron chi connectivity index (χ1n) is 10.1. The van der Waals surface area contributed by atoms with E-state index in [4.69, 9.17) is 15.6 Å². The van der Waals surface area contributed by atoms with Gasteiger partial charge in [0.25, 0.3) is 5.91 Å². The molecule has 0 spiro atoms. The number of hydrogen-bond acceptors (Lipinski definition) is 7. The zero-order valence-corrected chi connectivity index (χ0v) is 18.6. The monoisotopic (exact) mass is 459 g/mol.